The number of anilines is 1. The fourth-order valence-electron chi connectivity index (χ4n) is 1.97. The van der Waals surface area contributed by atoms with Gasteiger partial charge in [-0.25, -0.2) is 0 Å². The topological polar surface area (TPSA) is 52.0 Å². The summed E-state index contributed by atoms with van der Waals surface area (Å²) in [6.07, 6.45) is 0. The average Bonchev–Trinajstić information content (AvgIpc) is 2.93. The second-order valence-electron chi connectivity index (χ2n) is 4.35. The predicted octanol–water partition coefficient (Wildman–Crippen LogP) is 5.49. The van der Waals surface area contributed by atoms with Crippen molar-refractivity contribution in [3.8, 4) is 21.7 Å². The molecule has 102 valence electrons. The van der Waals surface area contributed by atoms with Gasteiger partial charge in [0.1, 0.15) is 5.69 Å². The zero-order chi connectivity index (χ0) is 14.3. The Morgan fingerprint density at radius 1 is 1.25 bits per heavy atom. The molecule has 0 aliphatic carbocycles. The number of aryl methyl sites for hydroxylation is 1. The fourth-order valence-corrected chi connectivity index (χ4v) is 3.89. The molecule has 0 aliphatic rings. The van der Waals surface area contributed by atoms with E-state index in [2.05, 4.69) is 43.1 Å². The Hall–Kier alpha value is -1.11. The molecule has 0 saturated heterocycles. The van der Waals surface area contributed by atoms with Crippen LogP contribution in [0.5, 0.6) is 0 Å². The van der Waals surface area contributed by atoms with E-state index in [1.165, 1.54) is 5.56 Å². The number of thiophene rings is 1. The molecule has 0 bridgehead atoms. The molecule has 2 N–H and O–H groups in total. The van der Waals surface area contributed by atoms with E-state index in [0.29, 0.717) is 5.88 Å². The highest BCUT2D eigenvalue weighted by Gasteiger charge is 2.19. The van der Waals surface area contributed by atoms with E-state index >= 15 is 0 Å². The lowest BCUT2D eigenvalue weighted by molar-refractivity contribution is 0.439. The van der Waals surface area contributed by atoms with Gasteiger partial charge < -0.3 is 10.3 Å². The molecule has 0 spiro atoms. The van der Waals surface area contributed by atoms with Crippen LogP contribution in [0, 0.1) is 6.92 Å². The second-order valence-corrected chi connectivity index (χ2v) is 7.63. The van der Waals surface area contributed by atoms with Crippen LogP contribution in [0.15, 0.2) is 43.1 Å². The predicted molar refractivity (Wildman–Crippen MR) is 89.8 cm³/mol. The fraction of sp³-hybridized carbons (Fsp3) is 0.0714. The Labute approximate surface area is 137 Å². The molecule has 0 unspecified atom stereocenters. The van der Waals surface area contributed by atoms with E-state index < -0.39 is 0 Å². The normalized spacial score (nSPS) is 10.9. The smallest absolute Gasteiger partial charge is 0.230 e. The number of nitrogens with zero attached hydrogens (tertiary/aromatic N) is 1. The summed E-state index contributed by atoms with van der Waals surface area (Å²) in [6.45, 7) is 2.05. The Bertz CT molecular complexity index is 760. The minimum absolute atomic E-state index is 0.334. The van der Waals surface area contributed by atoms with E-state index in [-0.39, 0.29) is 0 Å². The van der Waals surface area contributed by atoms with Crippen LogP contribution in [0.2, 0.25) is 0 Å². The van der Waals surface area contributed by atoms with Gasteiger partial charge in [-0.3, -0.25) is 0 Å². The van der Waals surface area contributed by atoms with Crippen LogP contribution in [0.3, 0.4) is 0 Å². The van der Waals surface area contributed by atoms with Crippen molar-refractivity contribution in [2.75, 3.05) is 5.73 Å². The number of benzene rings is 1. The highest BCUT2D eigenvalue weighted by molar-refractivity contribution is 9.11. The summed E-state index contributed by atoms with van der Waals surface area (Å²) in [5.74, 6) is 0.334. The van der Waals surface area contributed by atoms with Gasteiger partial charge in [0.2, 0.25) is 5.88 Å². The molecule has 0 atom stereocenters. The number of rotatable bonds is 2. The minimum Gasteiger partial charge on any atom is -0.367 e. The number of hydrogen-bond acceptors (Lipinski definition) is 4. The van der Waals surface area contributed by atoms with Crippen molar-refractivity contribution >= 4 is 49.1 Å². The number of nitrogens with two attached hydrogens (primary N) is 1. The first-order valence-corrected chi connectivity index (χ1v) is 8.24. The summed E-state index contributed by atoms with van der Waals surface area (Å²) in [5, 5.41) is 4.12. The van der Waals surface area contributed by atoms with Crippen LogP contribution in [0.1, 0.15) is 5.56 Å². The van der Waals surface area contributed by atoms with Crippen molar-refractivity contribution in [2.45, 2.75) is 6.92 Å². The molecule has 0 aliphatic heterocycles. The molecule has 3 nitrogen and oxygen atoms in total. The highest BCUT2D eigenvalue weighted by atomic mass is 79.9. The Morgan fingerprint density at radius 2 is 2.05 bits per heavy atom. The van der Waals surface area contributed by atoms with Crippen molar-refractivity contribution in [3.63, 3.8) is 0 Å². The molecule has 3 rings (SSSR count). The van der Waals surface area contributed by atoms with Gasteiger partial charge in [0, 0.05) is 4.47 Å². The van der Waals surface area contributed by atoms with Gasteiger partial charge >= 0.3 is 0 Å². The average molecular weight is 414 g/mol. The first-order chi connectivity index (χ1) is 9.56. The van der Waals surface area contributed by atoms with Gasteiger partial charge in [-0.15, -0.1) is 11.3 Å². The minimum atomic E-state index is 0.334. The van der Waals surface area contributed by atoms with Crippen LogP contribution in [0.25, 0.3) is 21.7 Å². The summed E-state index contributed by atoms with van der Waals surface area (Å²) in [7, 11) is 0. The van der Waals surface area contributed by atoms with E-state index in [9.17, 15) is 0 Å². The van der Waals surface area contributed by atoms with E-state index in [1.54, 1.807) is 11.3 Å². The lowest BCUT2D eigenvalue weighted by atomic mass is 10.0. The molecule has 20 heavy (non-hydrogen) atoms. The molecule has 3 aromatic rings. The van der Waals surface area contributed by atoms with Gasteiger partial charge in [-0.2, -0.15) is 0 Å². The molecule has 0 saturated carbocycles. The first-order valence-electron chi connectivity index (χ1n) is 5.83. The van der Waals surface area contributed by atoms with Gasteiger partial charge in [0.15, 0.2) is 0 Å². The van der Waals surface area contributed by atoms with Crippen molar-refractivity contribution in [1.29, 1.82) is 0 Å². The third-order valence-electron chi connectivity index (χ3n) is 2.92. The maximum absolute atomic E-state index is 5.95. The Balaban J connectivity index is 2.19. The second kappa shape index (κ2) is 5.35. The van der Waals surface area contributed by atoms with Gasteiger partial charge in [0.05, 0.1) is 14.2 Å². The van der Waals surface area contributed by atoms with E-state index in [1.807, 2.05) is 31.2 Å². The SMILES string of the molecule is Cc1cc(-c2noc(N)c2-c2cccc(Br)c2)sc1Br. The molecule has 6 heteroatoms. The molecule has 1 aromatic carbocycles. The van der Waals surface area contributed by atoms with Crippen LogP contribution in [0.4, 0.5) is 5.88 Å². The summed E-state index contributed by atoms with van der Waals surface area (Å²) < 4.78 is 7.28. The molecule has 2 heterocycles. The molecule has 0 amide bonds. The third kappa shape index (κ3) is 2.43. The lowest BCUT2D eigenvalue weighted by Crippen LogP contribution is -1.86. The summed E-state index contributed by atoms with van der Waals surface area (Å²) in [4.78, 5) is 1.03. The van der Waals surface area contributed by atoms with Crippen LogP contribution < -0.4 is 5.73 Å². The third-order valence-corrected chi connectivity index (χ3v) is 5.56. The van der Waals surface area contributed by atoms with Crippen LogP contribution in [-0.2, 0) is 0 Å². The van der Waals surface area contributed by atoms with Gasteiger partial charge in [-0.1, -0.05) is 33.2 Å². The van der Waals surface area contributed by atoms with Crippen molar-refractivity contribution in [3.05, 3.63) is 44.2 Å². The van der Waals surface area contributed by atoms with Crippen molar-refractivity contribution in [2.24, 2.45) is 0 Å². The number of nitrogen functional groups attached to an aromatic ring is 1. The first kappa shape index (κ1) is 13.9. The Kier molecular flexibility index (Phi) is 3.70. The van der Waals surface area contributed by atoms with Gasteiger partial charge in [0.25, 0.3) is 0 Å². The summed E-state index contributed by atoms with van der Waals surface area (Å²) in [5.41, 5.74) is 9.72. The monoisotopic (exact) mass is 412 g/mol. The number of halogens is 2. The van der Waals surface area contributed by atoms with Crippen LogP contribution >= 0.6 is 43.2 Å². The summed E-state index contributed by atoms with van der Waals surface area (Å²) in [6, 6.07) is 10.0. The lowest BCUT2D eigenvalue weighted by Gasteiger charge is -2.01. The Morgan fingerprint density at radius 3 is 2.70 bits per heavy atom. The standard InChI is InChI=1S/C14H10Br2N2OS/c1-7-5-10(20-13(7)16)12-11(14(17)19-18-12)8-3-2-4-9(15)6-8/h2-6H,17H2,1H3. The number of aromatic nitrogens is 1. The van der Waals surface area contributed by atoms with Crippen molar-refractivity contribution < 1.29 is 4.52 Å². The quantitative estimate of drug-likeness (QED) is 0.604. The highest BCUT2D eigenvalue weighted by Crippen LogP contribution is 2.41. The maximum Gasteiger partial charge on any atom is 0.230 e. The number of hydrogen-bond donors (Lipinski definition) is 1. The molecule has 0 fully saturated rings. The maximum atomic E-state index is 5.95. The zero-order valence-electron chi connectivity index (χ0n) is 10.5. The molecular formula is C14H10Br2N2OS. The van der Waals surface area contributed by atoms with Gasteiger partial charge in [-0.05, 0) is 52.2 Å². The van der Waals surface area contributed by atoms with Crippen molar-refractivity contribution in [1.82, 2.24) is 5.16 Å². The van der Waals surface area contributed by atoms with E-state index in [4.69, 9.17) is 10.3 Å². The molecule has 0 radical (unpaired) electrons. The summed E-state index contributed by atoms with van der Waals surface area (Å²) >= 11 is 8.63. The molecule has 2 aromatic heterocycles. The molecular weight excluding hydrogens is 404 g/mol. The van der Waals surface area contributed by atoms with Crippen LogP contribution in [-0.4, -0.2) is 5.16 Å². The zero-order valence-corrected chi connectivity index (χ0v) is 14.5. The van der Waals surface area contributed by atoms with E-state index in [0.717, 1.165) is 30.0 Å². The largest absolute Gasteiger partial charge is 0.367 e.